The van der Waals surface area contributed by atoms with Gasteiger partial charge in [0.15, 0.2) is 0 Å². The molecule has 2 unspecified atom stereocenters. The highest BCUT2D eigenvalue weighted by molar-refractivity contribution is 5.86. The van der Waals surface area contributed by atoms with Gasteiger partial charge in [-0.3, -0.25) is 9.59 Å². The summed E-state index contributed by atoms with van der Waals surface area (Å²) in [6.07, 6.45) is 0. The van der Waals surface area contributed by atoms with Crippen molar-refractivity contribution in [3.8, 4) is 0 Å². The van der Waals surface area contributed by atoms with Gasteiger partial charge in [-0.15, -0.1) is 0 Å². The van der Waals surface area contributed by atoms with Crippen molar-refractivity contribution in [2.75, 3.05) is 40.4 Å². The first-order valence-electron chi connectivity index (χ1n) is 5.86. The van der Waals surface area contributed by atoms with Crippen LogP contribution in [0.3, 0.4) is 0 Å². The van der Waals surface area contributed by atoms with Crippen molar-refractivity contribution in [3.63, 3.8) is 0 Å². The molecule has 1 saturated heterocycles. The summed E-state index contributed by atoms with van der Waals surface area (Å²) in [5, 5.41) is 5.72. The Morgan fingerprint density at radius 1 is 1.41 bits per heavy atom. The number of nitrogens with zero attached hydrogens (tertiary/aromatic N) is 1. The lowest BCUT2D eigenvalue weighted by Gasteiger charge is -2.23. The number of likely N-dealkylation sites (N-methyl/N-ethyl adjacent to an activating group) is 3. The highest BCUT2D eigenvalue weighted by Crippen LogP contribution is 2.16. The van der Waals surface area contributed by atoms with E-state index in [-0.39, 0.29) is 30.3 Å². The van der Waals surface area contributed by atoms with Crippen LogP contribution in [0.5, 0.6) is 0 Å². The highest BCUT2D eigenvalue weighted by Gasteiger charge is 2.35. The van der Waals surface area contributed by atoms with Gasteiger partial charge < -0.3 is 20.3 Å². The molecule has 6 nitrogen and oxygen atoms in total. The van der Waals surface area contributed by atoms with Crippen LogP contribution in [0.4, 0.5) is 0 Å². The summed E-state index contributed by atoms with van der Waals surface area (Å²) in [6.45, 7) is 3.86. The molecule has 2 amide bonds. The zero-order chi connectivity index (χ0) is 12.8. The Morgan fingerprint density at radius 3 is 2.71 bits per heavy atom. The minimum Gasteiger partial charge on any atom is -0.379 e. The van der Waals surface area contributed by atoms with Crippen molar-refractivity contribution in [3.05, 3.63) is 0 Å². The fraction of sp³-hybridized carbons (Fsp3) is 0.818. The van der Waals surface area contributed by atoms with E-state index >= 15 is 0 Å². The summed E-state index contributed by atoms with van der Waals surface area (Å²) in [4.78, 5) is 24.8. The van der Waals surface area contributed by atoms with Crippen molar-refractivity contribution >= 4 is 11.8 Å². The molecule has 0 aromatic heterocycles. The molecule has 0 aromatic rings. The molecule has 0 radical (unpaired) electrons. The third-order valence-electron chi connectivity index (χ3n) is 2.90. The summed E-state index contributed by atoms with van der Waals surface area (Å²) >= 11 is 0. The predicted octanol–water partition coefficient (Wildman–Crippen LogP) is -1.18. The zero-order valence-electron chi connectivity index (χ0n) is 10.7. The molecule has 1 rings (SSSR count). The van der Waals surface area contributed by atoms with Gasteiger partial charge in [0.25, 0.3) is 0 Å². The molecule has 1 aliphatic rings. The van der Waals surface area contributed by atoms with Crippen molar-refractivity contribution in [2.24, 2.45) is 5.92 Å². The van der Waals surface area contributed by atoms with Crippen LogP contribution in [0.15, 0.2) is 0 Å². The first kappa shape index (κ1) is 13.9. The molecule has 6 heteroatoms. The molecule has 1 heterocycles. The molecule has 0 aliphatic carbocycles. The second-order valence-electron chi connectivity index (χ2n) is 4.18. The summed E-state index contributed by atoms with van der Waals surface area (Å²) in [5.74, 6) is -0.401. The highest BCUT2D eigenvalue weighted by atomic mass is 16.5. The summed E-state index contributed by atoms with van der Waals surface area (Å²) in [7, 11) is 3.19. The molecule has 1 aliphatic heterocycles. The fourth-order valence-electron chi connectivity index (χ4n) is 1.92. The van der Waals surface area contributed by atoms with Gasteiger partial charge in [-0.25, -0.2) is 0 Å². The van der Waals surface area contributed by atoms with Crippen molar-refractivity contribution in [1.82, 2.24) is 15.5 Å². The van der Waals surface area contributed by atoms with Crippen LogP contribution in [0.25, 0.3) is 0 Å². The van der Waals surface area contributed by atoms with Crippen molar-refractivity contribution < 1.29 is 14.3 Å². The van der Waals surface area contributed by atoms with Crippen LogP contribution in [-0.4, -0.2) is 63.2 Å². The molecule has 17 heavy (non-hydrogen) atoms. The van der Waals surface area contributed by atoms with Gasteiger partial charge in [-0.1, -0.05) is 6.92 Å². The van der Waals surface area contributed by atoms with Crippen molar-refractivity contribution in [1.29, 1.82) is 0 Å². The van der Waals surface area contributed by atoms with E-state index in [1.165, 1.54) is 4.90 Å². The van der Waals surface area contributed by atoms with E-state index in [1.54, 1.807) is 14.1 Å². The second-order valence-corrected chi connectivity index (χ2v) is 4.18. The largest absolute Gasteiger partial charge is 0.379 e. The van der Waals surface area contributed by atoms with Crippen LogP contribution in [-0.2, 0) is 14.3 Å². The van der Waals surface area contributed by atoms with Crippen LogP contribution in [0.2, 0.25) is 0 Å². The van der Waals surface area contributed by atoms with Crippen molar-refractivity contribution in [2.45, 2.75) is 13.0 Å². The lowest BCUT2D eigenvalue weighted by molar-refractivity contribution is -0.138. The SMILES string of the molecule is CCNC1COCC1C(=O)N(C)CC(=O)NC. The van der Waals surface area contributed by atoms with Gasteiger partial charge >= 0.3 is 0 Å². The lowest BCUT2D eigenvalue weighted by Crippen LogP contribution is -2.46. The topological polar surface area (TPSA) is 70.7 Å². The number of carbonyl (C=O) groups excluding carboxylic acids is 2. The van der Waals surface area contributed by atoms with E-state index in [9.17, 15) is 9.59 Å². The van der Waals surface area contributed by atoms with Gasteiger partial charge in [0, 0.05) is 20.1 Å². The fourth-order valence-corrected chi connectivity index (χ4v) is 1.92. The smallest absolute Gasteiger partial charge is 0.239 e. The first-order valence-corrected chi connectivity index (χ1v) is 5.86. The predicted molar refractivity (Wildman–Crippen MR) is 63.5 cm³/mol. The molecule has 0 spiro atoms. The van der Waals surface area contributed by atoms with Crippen LogP contribution < -0.4 is 10.6 Å². The summed E-state index contributed by atoms with van der Waals surface area (Å²) in [6, 6.07) is 0.0552. The number of rotatable bonds is 5. The maximum absolute atomic E-state index is 12.1. The van der Waals surface area contributed by atoms with Gasteiger partial charge in [0.2, 0.25) is 11.8 Å². The quantitative estimate of drug-likeness (QED) is 0.637. The molecular weight excluding hydrogens is 222 g/mol. The van der Waals surface area contributed by atoms with Gasteiger partial charge in [0.1, 0.15) is 0 Å². The average molecular weight is 243 g/mol. The number of hydrogen-bond donors (Lipinski definition) is 2. The Bertz CT molecular complexity index is 283. The molecule has 98 valence electrons. The van der Waals surface area contributed by atoms with Gasteiger partial charge in [-0.05, 0) is 6.54 Å². The minimum absolute atomic E-state index is 0.0444. The normalized spacial score (nSPS) is 23.5. The maximum Gasteiger partial charge on any atom is 0.239 e. The maximum atomic E-state index is 12.1. The van der Waals surface area contributed by atoms with Crippen LogP contribution >= 0.6 is 0 Å². The second kappa shape index (κ2) is 6.56. The molecule has 2 atom stereocenters. The standard InChI is InChI=1S/C11H21N3O3/c1-4-13-9-7-17-6-8(9)11(16)14(3)5-10(15)12-2/h8-9,13H,4-7H2,1-3H3,(H,12,15). The Balaban J connectivity index is 2.53. The third kappa shape index (κ3) is 3.67. The summed E-state index contributed by atoms with van der Waals surface area (Å²) in [5.41, 5.74) is 0. The van der Waals surface area contributed by atoms with E-state index in [0.29, 0.717) is 13.2 Å². The Hall–Kier alpha value is -1.14. The summed E-state index contributed by atoms with van der Waals surface area (Å²) < 4.78 is 5.31. The lowest BCUT2D eigenvalue weighted by atomic mass is 10.0. The Labute approximate surface area is 102 Å². The van der Waals surface area contributed by atoms with E-state index in [1.807, 2.05) is 6.92 Å². The molecule has 0 bridgehead atoms. The van der Waals surface area contributed by atoms with E-state index in [4.69, 9.17) is 4.74 Å². The molecule has 0 aromatic carbocycles. The minimum atomic E-state index is -0.190. The number of nitrogens with one attached hydrogen (secondary N) is 2. The molecule has 2 N–H and O–H groups in total. The van der Waals surface area contributed by atoms with Gasteiger partial charge in [-0.2, -0.15) is 0 Å². The van der Waals surface area contributed by atoms with Gasteiger partial charge in [0.05, 0.1) is 25.7 Å². The average Bonchev–Trinajstić information content (AvgIpc) is 2.76. The molecular formula is C11H21N3O3. The number of carbonyl (C=O) groups is 2. The third-order valence-corrected chi connectivity index (χ3v) is 2.90. The Kier molecular flexibility index (Phi) is 5.37. The number of ether oxygens (including phenoxy) is 1. The van der Waals surface area contributed by atoms with Crippen LogP contribution in [0.1, 0.15) is 6.92 Å². The Morgan fingerprint density at radius 2 is 2.12 bits per heavy atom. The number of amides is 2. The molecule has 0 saturated carbocycles. The van der Waals surface area contributed by atoms with E-state index in [2.05, 4.69) is 10.6 Å². The number of hydrogen-bond acceptors (Lipinski definition) is 4. The first-order chi connectivity index (χ1) is 8.10. The van der Waals surface area contributed by atoms with E-state index in [0.717, 1.165) is 6.54 Å². The van der Waals surface area contributed by atoms with Crippen LogP contribution in [0, 0.1) is 5.92 Å². The zero-order valence-corrected chi connectivity index (χ0v) is 10.7. The molecule has 1 fully saturated rings. The monoisotopic (exact) mass is 243 g/mol. The van der Waals surface area contributed by atoms with E-state index < -0.39 is 0 Å².